The standard InChI is InChI=1S/C62H85N5O12Si.C35H50N6O11.S15/c1-15-30-76-58(72)43-32-62(11)45-26-20-21-27-46(45)63-54(62)49(43)52(68)50(35(2)3)65-55(69)47(34-75-12)64-56(70)48-31-38(79-80(13,14)61(8,9)10)28-29-67(48)57(71)53(37(6)7)78-59(73)51(36(4)5)66-60(74)77-33-44-41-24-18-16-22-39(41)40-23-17-19-25-42(40)44;1-16(2)25-33(49)52-27(17(3)4)32(48)40-12-11-19(43)13-23(40)29(45)36-22(15-51-6)28(44)39-26(18(5)42)31(47)41-24(30(46)38-25)14-35(50)20-9-7-8-10-21(20)37-34(35)41;1-3-5-7-9-11-13-15-14-12-10-8-6-4-2/h15-27,35-38,43-44,47-51,53-54,63H,1,28-34H2,2-14H3,(H,64,70)(H,65,69)(H,66,74);7-10,16-19,22-27,34,37,42-43,50H,11-15H2,1-6H3,(H,36,45)(H,38,46)(H,39,44);/t38-,43+,47-,48+,49?,50+,51+,53-,54-,62-;18-,19-,22-,23+,24-,25+,26+,27-,34-,35+;/m00./s1. The number of hydrogen-bond acceptors (Lipinski definition) is 27. The first-order valence-corrected chi connectivity index (χ1v) is 69.9. The molecular weight excluding hydrogens is 2200 g/mol. The number of nitrogens with one attached hydrogen (secondary N) is 8. The van der Waals surface area contributed by atoms with Gasteiger partial charge in [0.25, 0.3) is 11.8 Å². The van der Waals surface area contributed by atoms with Crippen LogP contribution in [0.15, 0.2) is 110 Å². The highest BCUT2D eigenvalue weighted by Crippen LogP contribution is 2.56. The van der Waals surface area contributed by atoms with E-state index in [-0.39, 0.29) is 81.9 Å². The van der Waals surface area contributed by atoms with Gasteiger partial charge in [-0.3, -0.25) is 47.9 Å². The molecule has 4 aromatic carbocycles. The van der Waals surface area contributed by atoms with Crippen LogP contribution < -0.4 is 42.5 Å². The molecule has 0 bridgehead atoms. The minimum atomic E-state index is -2.42. The highest BCUT2D eigenvalue weighted by molar-refractivity contribution is 8.76. The van der Waals surface area contributed by atoms with E-state index < -0.39 is 229 Å². The first-order valence-electron chi connectivity index (χ1n) is 48.3. The van der Waals surface area contributed by atoms with Gasteiger partial charge in [-0.05, 0) is 114 Å². The number of hydrogen-bond donors (Lipinski definition) is 11. The molecule has 1 saturated carbocycles. The fourth-order valence-electron chi connectivity index (χ4n) is 19.5. The third-order valence-corrected chi connectivity index (χ3v) is 59.1. The van der Waals surface area contributed by atoms with Crippen molar-refractivity contribution in [3.05, 3.63) is 132 Å². The van der Waals surface area contributed by atoms with Gasteiger partial charge in [0.1, 0.15) is 73.3 Å². The van der Waals surface area contributed by atoms with Gasteiger partial charge in [0.05, 0.1) is 43.3 Å². The average molecular weight is 2330 g/mol. The van der Waals surface area contributed by atoms with Gasteiger partial charge in [0.15, 0.2) is 26.3 Å². The number of benzene rings is 4. The fraction of sp³-hybridized carbons (Fsp3) is 0.598. The summed E-state index contributed by atoms with van der Waals surface area (Å²) in [6, 6.07) is 18.1. The zero-order chi connectivity index (χ0) is 108. The molecule has 34 nitrogen and oxygen atoms in total. The van der Waals surface area contributed by atoms with Crippen molar-refractivity contribution >= 4 is 235 Å². The van der Waals surface area contributed by atoms with Gasteiger partial charge in [-0.1, -0.05) is 195 Å². The summed E-state index contributed by atoms with van der Waals surface area (Å²) >= 11 is 9.45. The molecule has 12 rings (SSSR count). The number of para-hydroxylation sites is 2. The number of ketones is 1. The van der Waals surface area contributed by atoms with E-state index in [1.54, 1.807) is 191 Å². The Bertz CT molecular complexity index is 6100. The summed E-state index contributed by atoms with van der Waals surface area (Å²) in [6.07, 6.45) is -5.82. The quantitative estimate of drug-likeness (QED) is 0.0128. The summed E-state index contributed by atoms with van der Waals surface area (Å²) in [7, 11) is 22.0. The number of fused-ring (bicyclic) bond motifs is 12. The number of likely N-dealkylation sites (tertiary alicyclic amines) is 1. The maximum absolute atomic E-state index is 15.1. The average Bonchev–Trinajstić information content (AvgIpc) is 1.61. The number of piperidine rings is 2. The summed E-state index contributed by atoms with van der Waals surface area (Å²) in [5.41, 5.74) is 4.61. The van der Waals surface area contributed by atoms with Gasteiger partial charge >= 0.3 is 24.0 Å². The SMILES string of the molecule is C=CCOC(=O)[C@@H]1C[C@@]2(C)c3ccccc3N[C@H]2C1C(=O)[C@H](NC(=O)[C@H](COC)NC(=O)[C@H]1C[C@@H](O[Si](C)(C)C(C)(C)C)CCN1C(=O)[C@@H](OC(=O)[C@H](NC(=O)OCC1c2ccccc2-c2ccccc21)C(C)C)C(C)C)C(C)C.COC[C@@H]1NC(=O)[C@H]2C[C@@H](O)CCN2C(=O)[C@H](C(C)C)OC(=O)[C@@H](C(C)C)NC(=O)[C@@H]2C[C@@]3(O)c4ccccc4N[C@H]3N2C(=O)[C@@H]([C@H](C)O)NC1=O.S=S=S=S=S=S=S=S=S=S=S=S=S=S=S. The zero-order valence-corrected chi connectivity index (χ0v) is 98.6. The van der Waals surface area contributed by atoms with Crippen LogP contribution in [0.3, 0.4) is 0 Å². The number of amides is 9. The molecule has 810 valence electrons. The van der Waals surface area contributed by atoms with Crippen molar-refractivity contribution in [1.82, 2.24) is 46.6 Å². The van der Waals surface area contributed by atoms with Crippen molar-refractivity contribution in [2.24, 2.45) is 41.4 Å². The van der Waals surface area contributed by atoms with E-state index >= 15 is 9.59 Å². The summed E-state index contributed by atoms with van der Waals surface area (Å²) in [5.74, 6) is -13.4. The van der Waals surface area contributed by atoms with Gasteiger partial charge in [-0.25, -0.2) is 14.4 Å². The Kier molecular flexibility index (Phi) is 45.8. The molecule has 6 aliphatic heterocycles. The second-order valence-electron chi connectivity index (χ2n) is 40.5. The summed E-state index contributed by atoms with van der Waals surface area (Å²) in [6.45, 7) is 34.1. The Morgan fingerprint density at radius 3 is 1.73 bits per heavy atom. The number of anilines is 2. The van der Waals surface area contributed by atoms with Crippen LogP contribution in [0.25, 0.3) is 11.1 Å². The van der Waals surface area contributed by atoms with E-state index in [9.17, 15) is 68.1 Å². The Morgan fingerprint density at radius 2 is 1.18 bits per heavy atom. The van der Waals surface area contributed by atoms with Crippen molar-refractivity contribution < 1.29 is 110 Å². The van der Waals surface area contributed by atoms with Gasteiger partial charge in [0, 0.05) is 225 Å². The highest BCUT2D eigenvalue weighted by Gasteiger charge is 2.64. The number of ether oxygens (including phenoxy) is 6. The molecule has 8 aliphatic rings. The van der Waals surface area contributed by atoms with E-state index in [1.165, 1.54) is 54.8 Å². The second kappa shape index (κ2) is 55.4. The van der Waals surface area contributed by atoms with Crippen molar-refractivity contribution in [3.8, 4) is 11.1 Å². The number of Topliss-reactive ketones (excluding diaryl/α,β-unsaturated/α-hetero) is 1. The monoisotopic (exact) mass is 2330 g/mol. The first-order chi connectivity index (χ1) is 69.6. The van der Waals surface area contributed by atoms with Gasteiger partial charge in [-0.15, -0.1) is 0 Å². The summed E-state index contributed by atoms with van der Waals surface area (Å²) < 4.78 is 40.8. The van der Waals surface area contributed by atoms with Crippen LogP contribution >= 0.6 is 0 Å². The van der Waals surface area contributed by atoms with Crippen LogP contribution in [-0.4, -0.2) is 266 Å². The molecule has 50 heteroatoms. The Morgan fingerprint density at radius 1 is 0.626 bits per heavy atom. The number of nitrogens with zero attached hydrogens (tertiary/aromatic N) is 3. The number of methoxy groups -OCH3 is 2. The van der Waals surface area contributed by atoms with E-state index in [1.807, 2.05) is 79.7 Å². The van der Waals surface area contributed by atoms with Crippen LogP contribution in [0.1, 0.15) is 171 Å². The number of cyclic esters (lactones) is 1. The predicted molar refractivity (Wildman–Crippen MR) is 601 cm³/mol. The molecule has 4 aromatic rings. The second-order valence-corrected chi connectivity index (χ2v) is 68.3. The lowest BCUT2D eigenvalue weighted by molar-refractivity contribution is -0.170. The van der Waals surface area contributed by atoms with Crippen LogP contribution in [0, 0.1) is 41.4 Å². The summed E-state index contributed by atoms with van der Waals surface area (Å²) in [4.78, 5) is 189. The number of aliphatic hydroxyl groups is 3. The molecule has 9 amide bonds. The van der Waals surface area contributed by atoms with E-state index in [0.29, 0.717) is 24.1 Å². The molecule has 0 aromatic heterocycles. The van der Waals surface area contributed by atoms with Crippen molar-refractivity contribution in [2.75, 3.05) is 64.4 Å². The number of carbonyl (C=O) groups is 13. The third kappa shape index (κ3) is 30.0. The minimum absolute atomic E-state index is 0.0252. The molecule has 5 fully saturated rings. The van der Waals surface area contributed by atoms with Crippen LogP contribution in [0.5, 0.6) is 0 Å². The lowest BCUT2D eigenvalue weighted by Gasteiger charge is -2.45. The number of carbonyl (C=O) groups excluding carboxylic acids is 13. The van der Waals surface area contributed by atoms with E-state index in [4.69, 9.17) is 55.2 Å². The maximum Gasteiger partial charge on any atom is 0.407 e. The van der Waals surface area contributed by atoms with Crippen molar-refractivity contribution in [3.63, 3.8) is 0 Å². The van der Waals surface area contributed by atoms with Crippen LogP contribution in [0.4, 0.5) is 16.2 Å². The molecule has 4 saturated heterocycles. The normalized spacial score (nSPS) is 25.1. The molecule has 0 radical (unpaired) electrons. The zero-order valence-electron chi connectivity index (χ0n) is 85.3. The molecule has 0 spiro atoms. The smallest absolute Gasteiger partial charge is 0.407 e. The van der Waals surface area contributed by atoms with Gasteiger partial charge in [0.2, 0.25) is 35.4 Å². The predicted octanol–water partition coefficient (Wildman–Crippen LogP) is 6.72. The van der Waals surface area contributed by atoms with Crippen LogP contribution in [-0.2, 0) is 239 Å². The van der Waals surface area contributed by atoms with Gasteiger partial charge in [-0.2, -0.15) is 0 Å². The fourth-order valence-corrected chi connectivity index (χ4v) is 51.0. The Labute approximate surface area is 906 Å². The van der Waals surface area contributed by atoms with Crippen LogP contribution in [0.2, 0.25) is 18.1 Å². The molecule has 1 unspecified atom stereocenters. The maximum atomic E-state index is 15.1. The molecule has 20 atom stereocenters. The number of rotatable bonds is 27. The number of esters is 3. The molecule has 6 heterocycles. The Hall–Kier alpha value is -7.39. The van der Waals surface area contributed by atoms with E-state index in [0.717, 1.165) is 38.4 Å². The lowest BCUT2D eigenvalue weighted by Crippen LogP contribution is -2.64. The molecule has 147 heavy (non-hydrogen) atoms. The molecular formula is C97H135N11O23S15Si. The Balaban J connectivity index is 0.000000281. The molecule has 11 N–H and O–H groups in total. The van der Waals surface area contributed by atoms with Crippen molar-refractivity contribution in [2.45, 2.75) is 275 Å². The highest BCUT2D eigenvalue weighted by atomic mass is 33.5. The number of alkyl carbamates (subject to hydrolysis) is 1. The largest absolute Gasteiger partial charge is 0.461 e. The van der Waals surface area contributed by atoms with E-state index in [2.05, 4.69) is 83.0 Å². The van der Waals surface area contributed by atoms with Crippen molar-refractivity contribution in [1.29, 1.82) is 0 Å². The van der Waals surface area contributed by atoms with Gasteiger partial charge < -0.3 is 105 Å². The first kappa shape index (κ1) is 121. The minimum Gasteiger partial charge on any atom is -0.461 e. The summed E-state index contributed by atoms with van der Waals surface area (Å²) in [5, 5.41) is 56.2. The lowest BCUT2D eigenvalue weighted by atomic mass is 9.77. The number of aliphatic hydroxyl groups excluding tert-OH is 2. The topological polar surface area (TPSA) is 453 Å². The third-order valence-electron chi connectivity index (χ3n) is 27.9. The molecule has 2 aliphatic carbocycles.